The first-order valence-corrected chi connectivity index (χ1v) is 16.3. The van der Waals surface area contributed by atoms with Gasteiger partial charge in [0.1, 0.15) is 24.4 Å². The molecule has 3 saturated carbocycles. The Balaban J connectivity index is 1.32. The molecule has 5 aliphatic rings. The Bertz CT molecular complexity index is 1070. The van der Waals surface area contributed by atoms with Crippen LogP contribution < -0.4 is 0 Å². The van der Waals surface area contributed by atoms with E-state index in [4.69, 9.17) is 9.47 Å². The summed E-state index contributed by atoms with van der Waals surface area (Å²) in [5.41, 5.74) is -1.98. The number of ether oxygens (including phenoxy) is 2. The van der Waals surface area contributed by atoms with Crippen molar-refractivity contribution in [2.45, 2.75) is 147 Å². The summed E-state index contributed by atoms with van der Waals surface area (Å²) >= 11 is 0. The molecular formula is C33H54O10. The molecule has 0 amide bonds. The van der Waals surface area contributed by atoms with Gasteiger partial charge in [-0.1, -0.05) is 20.8 Å². The van der Waals surface area contributed by atoms with Gasteiger partial charge >= 0.3 is 0 Å². The Morgan fingerprint density at radius 3 is 2.40 bits per heavy atom. The van der Waals surface area contributed by atoms with Crippen LogP contribution in [0.5, 0.6) is 0 Å². The first-order chi connectivity index (χ1) is 20.0. The molecule has 1 aliphatic heterocycles. The average molecular weight is 611 g/mol. The van der Waals surface area contributed by atoms with E-state index < -0.39 is 66.1 Å². The molecule has 3 unspecified atom stereocenters. The molecule has 4 fully saturated rings. The second kappa shape index (κ2) is 11.7. The Kier molecular flexibility index (Phi) is 9.08. The zero-order valence-corrected chi connectivity index (χ0v) is 26.4. The standard InChI is InChI=1S/C33H54O10/c1-17(23(35)9-10-30(2,3)40)19-8-13-33(41)21-15-24(36)22-14-18(6-11-31(22,4)20(21)7-12-32(19,33)5)42-29-28(39)27(38)26(37)25(16-34)43-29/h15,17-20,22-23,25-29,34-35,37-41H,6-14,16H2,1-5H3/t17-,18?,19+,20-,22?,23?,25+,26+,27-,28+,29-,31+,32+,33+/m0/s1. The van der Waals surface area contributed by atoms with E-state index in [-0.39, 0.29) is 34.9 Å². The number of aliphatic hydroxyl groups is 7. The monoisotopic (exact) mass is 610 g/mol. The lowest BCUT2D eigenvalue weighted by Gasteiger charge is -2.60. The molecule has 0 aromatic carbocycles. The molecule has 10 nitrogen and oxygen atoms in total. The predicted molar refractivity (Wildman–Crippen MR) is 156 cm³/mol. The predicted octanol–water partition coefficient (Wildman–Crippen LogP) is 1.59. The highest BCUT2D eigenvalue weighted by Crippen LogP contribution is 2.68. The van der Waals surface area contributed by atoms with Crippen LogP contribution in [0.25, 0.3) is 0 Å². The summed E-state index contributed by atoms with van der Waals surface area (Å²) in [6, 6.07) is 0. The molecule has 4 aliphatic carbocycles. The molecule has 1 saturated heterocycles. The summed E-state index contributed by atoms with van der Waals surface area (Å²) in [4.78, 5) is 13.8. The van der Waals surface area contributed by atoms with Crippen LogP contribution in [-0.2, 0) is 14.3 Å². The summed E-state index contributed by atoms with van der Waals surface area (Å²) < 4.78 is 11.6. The SMILES string of the molecule is C[C@H](C(O)CCC(C)(C)O)[C@H]1CC[C@@]2(O)C3=CC(=O)C4CC(O[C@H]5O[C@H](CO)[C@@H](O)[C@H](O)[C@H]5O)CC[C@]4(C)[C@H]3CC[C@]12C. The van der Waals surface area contributed by atoms with E-state index in [1.165, 1.54) is 0 Å². The minimum Gasteiger partial charge on any atom is -0.394 e. The lowest BCUT2D eigenvalue weighted by atomic mass is 9.46. The van der Waals surface area contributed by atoms with E-state index in [1.807, 2.05) is 0 Å². The normalized spacial score (nSPS) is 48.1. The van der Waals surface area contributed by atoms with Gasteiger partial charge in [-0.25, -0.2) is 0 Å². The third-order valence-electron chi connectivity index (χ3n) is 12.6. The fourth-order valence-electron chi connectivity index (χ4n) is 9.71. The number of allylic oxidation sites excluding steroid dienone is 1. The maximum absolute atomic E-state index is 13.8. The number of ketones is 1. The van der Waals surface area contributed by atoms with E-state index in [1.54, 1.807) is 19.9 Å². The Morgan fingerprint density at radius 2 is 1.74 bits per heavy atom. The molecule has 0 radical (unpaired) electrons. The van der Waals surface area contributed by atoms with E-state index >= 15 is 0 Å². The van der Waals surface area contributed by atoms with Crippen molar-refractivity contribution >= 4 is 5.78 Å². The molecule has 0 aromatic heterocycles. The van der Waals surface area contributed by atoms with Gasteiger partial charge in [0.15, 0.2) is 12.1 Å². The van der Waals surface area contributed by atoms with Crippen LogP contribution in [-0.4, -0.2) is 102 Å². The van der Waals surface area contributed by atoms with Gasteiger partial charge in [-0.3, -0.25) is 4.79 Å². The van der Waals surface area contributed by atoms with Crippen molar-refractivity contribution in [1.29, 1.82) is 0 Å². The molecule has 0 spiro atoms. The number of carbonyl (C=O) groups excluding carboxylic acids is 1. The highest BCUT2D eigenvalue weighted by atomic mass is 16.7. The number of rotatable bonds is 8. The number of hydrogen-bond donors (Lipinski definition) is 7. The molecule has 0 aromatic rings. The minimum absolute atomic E-state index is 0.0322. The molecule has 7 N–H and O–H groups in total. The zero-order chi connectivity index (χ0) is 31.7. The van der Waals surface area contributed by atoms with E-state index in [0.29, 0.717) is 38.5 Å². The Labute approximate surface area is 255 Å². The summed E-state index contributed by atoms with van der Waals surface area (Å²) in [6.07, 6.45) is -0.458. The van der Waals surface area contributed by atoms with E-state index in [0.717, 1.165) is 24.8 Å². The molecular weight excluding hydrogens is 556 g/mol. The third-order valence-corrected chi connectivity index (χ3v) is 12.6. The van der Waals surface area contributed by atoms with Gasteiger partial charge in [-0.05, 0) is 106 Å². The van der Waals surface area contributed by atoms with Gasteiger partial charge < -0.3 is 45.2 Å². The van der Waals surface area contributed by atoms with Crippen molar-refractivity contribution in [2.24, 2.45) is 34.5 Å². The number of aliphatic hydroxyl groups excluding tert-OH is 5. The van der Waals surface area contributed by atoms with Gasteiger partial charge in [0.05, 0.1) is 30.0 Å². The fraction of sp³-hybridized carbons (Fsp3) is 0.909. The average Bonchev–Trinajstić information content (AvgIpc) is 3.23. The van der Waals surface area contributed by atoms with Crippen molar-refractivity contribution in [1.82, 2.24) is 0 Å². The molecule has 246 valence electrons. The van der Waals surface area contributed by atoms with Gasteiger partial charge in [0.2, 0.25) is 0 Å². The van der Waals surface area contributed by atoms with E-state index in [2.05, 4.69) is 20.8 Å². The van der Waals surface area contributed by atoms with Crippen LogP contribution in [0.1, 0.15) is 92.4 Å². The highest BCUT2D eigenvalue weighted by Gasteiger charge is 2.66. The maximum Gasteiger partial charge on any atom is 0.186 e. The van der Waals surface area contributed by atoms with E-state index in [9.17, 15) is 40.5 Å². The summed E-state index contributed by atoms with van der Waals surface area (Å²) in [5.74, 6) is -0.306. The smallest absolute Gasteiger partial charge is 0.186 e. The Morgan fingerprint density at radius 1 is 1.05 bits per heavy atom. The minimum atomic E-state index is -1.52. The van der Waals surface area contributed by atoms with Crippen LogP contribution in [0.4, 0.5) is 0 Å². The molecule has 0 bridgehead atoms. The van der Waals surface area contributed by atoms with Crippen LogP contribution in [0.2, 0.25) is 0 Å². The van der Waals surface area contributed by atoms with Crippen molar-refractivity contribution in [3.8, 4) is 0 Å². The fourth-order valence-corrected chi connectivity index (χ4v) is 9.71. The molecule has 1 heterocycles. The maximum atomic E-state index is 13.8. The summed E-state index contributed by atoms with van der Waals surface area (Å²) in [7, 11) is 0. The number of fused-ring (bicyclic) bond motifs is 5. The van der Waals surface area contributed by atoms with Crippen LogP contribution >= 0.6 is 0 Å². The summed E-state index contributed by atoms with van der Waals surface area (Å²) in [5, 5.41) is 74.0. The lowest BCUT2D eigenvalue weighted by Crippen LogP contribution is -2.61. The number of hydrogen-bond acceptors (Lipinski definition) is 10. The van der Waals surface area contributed by atoms with Crippen LogP contribution in [0, 0.1) is 34.5 Å². The highest BCUT2D eigenvalue weighted by molar-refractivity contribution is 5.95. The number of carbonyl (C=O) groups is 1. The topological polar surface area (TPSA) is 177 Å². The van der Waals surface area contributed by atoms with Crippen molar-refractivity contribution in [2.75, 3.05) is 6.61 Å². The van der Waals surface area contributed by atoms with Crippen molar-refractivity contribution in [3.63, 3.8) is 0 Å². The molecule has 14 atom stereocenters. The van der Waals surface area contributed by atoms with Crippen molar-refractivity contribution < 1.29 is 50.0 Å². The van der Waals surface area contributed by atoms with Crippen LogP contribution in [0.3, 0.4) is 0 Å². The zero-order valence-electron chi connectivity index (χ0n) is 26.4. The van der Waals surface area contributed by atoms with Gasteiger partial charge in [-0.2, -0.15) is 0 Å². The quantitative estimate of drug-likeness (QED) is 0.214. The molecule has 10 heteroatoms. The third kappa shape index (κ3) is 5.57. The van der Waals surface area contributed by atoms with Crippen LogP contribution in [0.15, 0.2) is 11.6 Å². The largest absolute Gasteiger partial charge is 0.394 e. The first-order valence-electron chi connectivity index (χ1n) is 16.3. The van der Waals surface area contributed by atoms with Gasteiger partial charge in [0, 0.05) is 11.3 Å². The van der Waals surface area contributed by atoms with Gasteiger partial charge in [0.25, 0.3) is 0 Å². The lowest BCUT2D eigenvalue weighted by molar-refractivity contribution is -0.315. The van der Waals surface area contributed by atoms with Crippen molar-refractivity contribution in [3.05, 3.63) is 11.6 Å². The van der Waals surface area contributed by atoms with Gasteiger partial charge in [-0.15, -0.1) is 0 Å². The Hall–Kier alpha value is -0.950. The molecule has 43 heavy (non-hydrogen) atoms. The second-order valence-corrected chi connectivity index (χ2v) is 15.6. The first kappa shape index (κ1) is 33.4. The second-order valence-electron chi connectivity index (χ2n) is 15.6. The molecule has 5 rings (SSSR count). The summed E-state index contributed by atoms with van der Waals surface area (Å²) in [6.45, 7) is 9.29.